The summed E-state index contributed by atoms with van der Waals surface area (Å²) in [5.41, 5.74) is 14.9. The largest absolute Gasteiger partial charge is 0.369 e. The third kappa shape index (κ3) is 3.89. The second kappa shape index (κ2) is 6.96. The van der Waals surface area contributed by atoms with Crippen molar-refractivity contribution >= 4 is 12.2 Å². The van der Waals surface area contributed by atoms with Gasteiger partial charge < -0.3 is 11.5 Å². The van der Waals surface area contributed by atoms with Gasteiger partial charge in [0, 0.05) is 12.6 Å². The fraction of sp³-hybridized carbons (Fsp3) is 0.0556. The summed E-state index contributed by atoms with van der Waals surface area (Å²) >= 11 is 0. The molecule has 0 atom stereocenters. The topological polar surface area (TPSA) is 94.6 Å². The van der Waals surface area contributed by atoms with Crippen LogP contribution in [-0.4, -0.2) is 22.0 Å². The van der Waals surface area contributed by atoms with E-state index >= 15 is 0 Å². The lowest BCUT2D eigenvalue weighted by Gasteiger charge is -2.01. The van der Waals surface area contributed by atoms with E-state index in [0.29, 0.717) is 0 Å². The molecule has 0 amide bonds. The average molecular weight is 336 g/mol. The Morgan fingerprint density at radius 2 is 1.68 bits per heavy atom. The summed E-state index contributed by atoms with van der Waals surface area (Å²) in [4.78, 5) is 0. The molecule has 25 heavy (non-hydrogen) atoms. The lowest BCUT2D eigenvalue weighted by Crippen LogP contribution is -2.21. The van der Waals surface area contributed by atoms with Gasteiger partial charge in [0.2, 0.25) is 5.96 Å². The van der Waals surface area contributed by atoms with E-state index in [1.165, 1.54) is 12.1 Å². The van der Waals surface area contributed by atoms with Crippen molar-refractivity contribution in [2.75, 3.05) is 0 Å². The molecular formula is C18H17FN6. The quantitative estimate of drug-likeness (QED) is 0.435. The number of hydrogen-bond donors (Lipinski definition) is 2. The van der Waals surface area contributed by atoms with Crippen LogP contribution in [0.3, 0.4) is 0 Å². The summed E-state index contributed by atoms with van der Waals surface area (Å²) in [5.74, 6) is -0.353. The van der Waals surface area contributed by atoms with Crippen molar-refractivity contribution < 1.29 is 4.39 Å². The van der Waals surface area contributed by atoms with Gasteiger partial charge in [-0.15, -0.1) is 5.10 Å². The molecule has 0 fully saturated rings. The number of aromatic nitrogens is 2. The van der Waals surface area contributed by atoms with Crippen molar-refractivity contribution in [3.63, 3.8) is 0 Å². The number of nitrogens with two attached hydrogens (primary N) is 2. The molecule has 7 heteroatoms. The summed E-state index contributed by atoms with van der Waals surface area (Å²) in [6.45, 7) is 0. The van der Waals surface area contributed by atoms with Gasteiger partial charge in [-0.25, -0.2) is 4.39 Å². The SMILES string of the molecule is Cn1nc(-c2ccc(F)cc2)cc1-c1ccc(/C=N/N=C(N)N)cc1. The maximum Gasteiger partial charge on any atom is 0.211 e. The molecule has 3 aromatic rings. The smallest absolute Gasteiger partial charge is 0.211 e. The standard InChI is InChI=1S/C18H17FN6/c1-25-17(10-16(24-25)13-6-8-15(19)9-7-13)14-4-2-12(3-5-14)11-22-23-18(20)21/h2-11H,1H3,(H4,20,21,23)/b22-11+. The van der Waals surface area contributed by atoms with E-state index in [1.54, 1.807) is 23.0 Å². The molecule has 0 aliphatic heterocycles. The minimum atomic E-state index is -0.266. The average Bonchev–Trinajstić information content (AvgIpc) is 2.98. The lowest BCUT2D eigenvalue weighted by atomic mass is 10.1. The molecule has 1 aromatic heterocycles. The molecule has 4 N–H and O–H groups in total. The van der Waals surface area contributed by atoms with E-state index < -0.39 is 0 Å². The first-order chi connectivity index (χ1) is 12.0. The first-order valence-electron chi connectivity index (χ1n) is 7.55. The van der Waals surface area contributed by atoms with Crippen LogP contribution in [-0.2, 0) is 7.05 Å². The van der Waals surface area contributed by atoms with Crippen molar-refractivity contribution in [1.29, 1.82) is 0 Å². The lowest BCUT2D eigenvalue weighted by molar-refractivity contribution is 0.628. The Morgan fingerprint density at radius 3 is 2.32 bits per heavy atom. The Labute approximate surface area is 144 Å². The van der Waals surface area contributed by atoms with Crippen LogP contribution in [0.2, 0.25) is 0 Å². The summed E-state index contributed by atoms with van der Waals surface area (Å²) < 4.78 is 14.9. The number of guanidine groups is 1. The predicted octanol–water partition coefficient (Wildman–Crippen LogP) is 2.50. The Morgan fingerprint density at radius 1 is 1.04 bits per heavy atom. The maximum atomic E-state index is 13.1. The molecular weight excluding hydrogens is 319 g/mol. The Kier molecular flexibility index (Phi) is 4.56. The predicted molar refractivity (Wildman–Crippen MR) is 97.4 cm³/mol. The highest BCUT2D eigenvalue weighted by atomic mass is 19.1. The minimum Gasteiger partial charge on any atom is -0.369 e. The zero-order valence-corrected chi connectivity index (χ0v) is 13.6. The van der Waals surface area contributed by atoms with Gasteiger partial charge in [0.25, 0.3) is 0 Å². The van der Waals surface area contributed by atoms with Crippen molar-refractivity contribution in [3.05, 3.63) is 66.0 Å². The molecule has 2 aromatic carbocycles. The van der Waals surface area contributed by atoms with Crippen LogP contribution in [0.25, 0.3) is 22.5 Å². The van der Waals surface area contributed by atoms with Gasteiger partial charge in [0.15, 0.2) is 0 Å². The third-order valence-corrected chi connectivity index (χ3v) is 3.61. The molecule has 0 saturated carbocycles. The summed E-state index contributed by atoms with van der Waals surface area (Å²) in [5, 5.41) is 11.8. The molecule has 0 spiro atoms. The number of benzene rings is 2. The number of halogens is 1. The van der Waals surface area contributed by atoms with Gasteiger partial charge in [-0.1, -0.05) is 24.3 Å². The second-order valence-corrected chi connectivity index (χ2v) is 5.44. The van der Waals surface area contributed by atoms with Crippen LogP contribution >= 0.6 is 0 Å². The number of rotatable bonds is 4. The minimum absolute atomic E-state index is 0.0870. The van der Waals surface area contributed by atoms with Crippen molar-refractivity contribution in [2.24, 2.45) is 28.7 Å². The molecule has 0 unspecified atom stereocenters. The summed E-state index contributed by atoms with van der Waals surface area (Å²) in [6, 6.07) is 16.0. The van der Waals surface area contributed by atoms with Gasteiger partial charge in [-0.3, -0.25) is 4.68 Å². The van der Waals surface area contributed by atoms with E-state index in [1.807, 2.05) is 37.4 Å². The van der Waals surface area contributed by atoms with E-state index in [4.69, 9.17) is 11.5 Å². The third-order valence-electron chi connectivity index (χ3n) is 3.61. The highest BCUT2D eigenvalue weighted by Crippen LogP contribution is 2.25. The molecule has 126 valence electrons. The fourth-order valence-electron chi connectivity index (χ4n) is 2.40. The van der Waals surface area contributed by atoms with Crippen molar-refractivity contribution in [1.82, 2.24) is 9.78 Å². The van der Waals surface area contributed by atoms with Gasteiger partial charge in [-0.05, 0) is 41.5 Å². The molecule has 6 nitrogen and oxygen atoms in total. The Bertz CT molecular complexity index is 919. The molecule has 1 heterocycles. The normalized spacial score (nSPS) is 11.0. The first kappa shape index (κ1) is 16.4. The molecule has 3 rings (SSSR count). The molecule has 0 radical (unpaired) electrons. The summed E-state index contributed by atoms with van der Waals surface area (Å²) in [6.07, 6.45) is 1.57. The van der Waals surface area contributed by atoms with Gasteiger partial charge in [-0.2, -0.15) is 10.2 Å². The molecule has 0 aliphatic rings. The Balaban J connectivity index is 1.86. The first-order valence-corrected chi connectivity index (χ1v) is 7.55. The van der Waals surface area contributed by atoms with Crippen LogP contribution in [0.4, 0.5) is 4.39 Å². The zero-order valence-electron chi connectivity index (χ0n) is 13.6. The van der Waals surface area contributed by atoms with Gasteiger partial charge in [0.1, 0.15) is 5.82 Å². The number of nitrogens with zero attached hydrogens (tertiary/aromatic N) is 4. The highest BCUT2D eigenvalue weighted by molar-refractivity contribution is 5.82. The van der Waals surface area contributed by atoms with Gasteiger partial charge >= 0.3 is 0 Å². The van der Waals surface area contributed by atoms with E-state index in [-0.39, 0.29) is 11.8 Å². The van der Waals surface area contributed by atoms with E-state index in [9.17, 15) is 4.39 Å². The maximum absolute atomic E-state index is 13.1. The van der Waals surface area contributed by atoms with Crippen LogP contribution in [0.15, 0.2) is 64.8 Å². The molecule has 0 aliphatic carbocycles. The van der Waals surface area contributed by atoms with E-state index in [0.717, 1.165) is 28.1 Å². The number of aryl methyl sites for hydroxylation is 1. The van der Waals surface area contributed by atoms with Gasteiger partial charge in [0.05, 0.1) is 17.6 Å². The van der Waals surface area contributed by atoms with Crippen LogP contribution in [0.5, 0.6) is 0 Å². The molecule has 0 saturated heterocycles. The zero-order chi connectivity index (χ0) is 17.8. The van der Waals surface area contributed by atoms with Crippen LogP contribution in [0, 0.1) is 5.82 Å². The monoisotopic (exact) mass is 336 g/mol. The highest BCUT2D eigenvalue weighted by Gasteiger charge is 2.09. The van der Waals surface area contributed by atoms with E-state index in [2.05, 4.69) is 15.3 Å². The van der Waals surface area contributed by atoms with Crippen LogP contribution < -0.4 is 11.5 Å². The fourth-order valence-corrected chi connectivity index (χ4v) is 2.40. The van der Waals surface area contributed by atoms with Crippen molar-refractivity contribution in [3.8, 4) is 22.5 Å². The Hall–Kier alpha value is -3.48. The number of hydrogen-bond acceptors (Lipinski definition) is 3. The van der Waals surface area contributed by atoms with Crippen molar-refractivity contribution in [2.45, 2.75) is 0 Å². The summed E-state index contributed by atoms with van der Waals surface area (Å²) in [7, 11) is 1.87. The second-order valence-electron chi connectivity index (χ2n) is 5.44. The molecule has 0 bridgehead atoms. The van der Waals surface area contributed by atoms with Crippen LogP contribution in [0.1, 0.15) is 5.56 Å².